The van der Waals surface area contributed by atoms with E-state index in [0.717, 1.165) is 19.4 Å². The molecule has 1 rings (SSSR count). The van der Waals surface area contributed by atoms with Gasteiger partial charge < -0.3 is 10.0 Å². The van der Waals surface area contributed by atoms with Crippen molar-refractivity contribution in [3.8, 4) is 0 Å². The van der Waals surface area contributed by atoms with Crippen LogP contribution < -0.4 is 4.90 Å². The van der Waals surface area contributed by atoms with Crippen LogP contribution in [0.3, 0.4) is 0 Å². The molecule has 0 aliphatic rings. The normalized spacial score (nSPS) is 10.8. The highest BCUT2D eigenvalue weighted by Gasteiger charge is 2.08. The van der Waals surface area contributed by atoms with Gasteiger partial charge in [-0.3, -0.25) is 4.79 Å². The van der Waals surface area contributed by atoms with Crippen LogP contribution in [0.2, 0.25) is 0 Å². The lowest BCUT2D eigenvalue weighted by Crippen LogP contribution is -2.20. The first-order valence-electron chi connectivity index (χ1n) is 6.95. The molecule has 0 unspecified atom stereocenters. The van der Waals surface area contributed by atoms with Crippen molar-refractivity contribution in [3.05, 3.63) is 29.3 Å². The zero-order valence-electron chi connectivity index (χ0n) is 12.4. The molecule has 0 fully saturated rings. The predicted octanol–water partition coefficient (Wildman–Crippen LogP) is 3.81. The lowest BCUT2D eigenvalue weighted by Gasteiger charge is -2.23. The van der Waals surface area contributed by atoms with Gasteiger partial charge in [0.1, 0.15) is 0 Å². The minimum absolute atomic E-state index is 0.263. The molecule has 0 saturated carbocycles. The van der Waals surface area contributed by atoms with E-state index >= 15 is 0 Å². The quantitative estimate of drug-likeness (QED) is 0.760. The second-order valence-electron chi connectivity index (χ2n) is 5.47. The molecule has 0 aliphatic heterocycles. The van der Waals surface area contributed by atoms with Crippen molar-refractivity contribution >= 4 is 11.7 Å². The number of benzene rings is 1. The molecule has 0 atom stereocenters. The topological polar surface area (TPSA) is 40.5 Å². The number of hydrogen-bond acceptors (Lipinski definition) is 2. The summed E-state index contributed by atoms with van der Waals surface area (Å²) in [5, 5.41) is 8.62. The fraction of sp³-hybridized carbons (Fsp3) is 0.562. The number of carboxylic acid groups (broad SMARTS) is 1. The number of aliphatic carboxylic acids is 1. The summed E-state index contributed by atoms with van der Waals surface area (Å²) in [6, 6.07) is 6.59. The molecule has 0 aliphatic carbocycles. The van der Waals surface area contributed by atoms with Crippen molar-refractivity contribution in [2.24, 2.45) is 0 Å². The number of rotatable bonds is 7. The molecule has 0 amide bonds. The number of anilines is 1. The minimum Gasteiger partial charge on any atom is -0.481 e. The SMILES string of the molecule is Cc1ccc(C(C)C)cc1N(C)CCCCC(=O)O. The monoisotopic (exact) mass is 263 g/mol. The highest BCUT2D eigenvalue weighted by atomic mass is 16.4. The standard InChI is InChI=1S/C16H25NO2/c1-12(2)14-9-8-13(3)15(11-14)17(4)10-6-5-7-16(18)19/h8-9,11-12H,5-7,10H2,1-4H3,(H,18,19). The molecule has 1 N–H and O–H groups in total. The maximum Gasteiger partial charge on any atom is 0.303 e. The van der Waals surface area contributed by atoms with E-state index in [2.05, 4.69) is 50.9 Å². The van der Waals surface area contributed by atoms with Crippen molar-refractivity contribution in [1.29, 1.82) is 0 Å². The van der Waals surface area contributed by atoms with Crippen LogP contribution in [0.1, 0.15) is 50.2 Å². The summed E-state index contributed by atoms with van der Waals surface area (Å²) in [6.07, 6.45) is 1.91. The fourth-order valence-corrected chi connectivity index (χ4v) is 2.14. The van der Waals surface area contributed by atoms with E-state index in [-0.39, 0.29) is 6.42 Å². The Hall–Kier alpha value is -1.51. The molecule has 0 spiro atoms. The van der Waals surface area contributed by atoms with Crippen LogP contribution in [-0.4, -0.2) is 24.7 Å². The molecule has 0 radical (unpaired) electrons. The van der Waals surface area contributed by atoms with Gasteiger partial charge in [0.25, 0.3) is 0 Å². The summed E-state index contributed by atoms with van der Waals surface area (Å²) >= 11 is 0. The van der Waals surface area contributed by atoms with Crippen LogP contribution in [0.15, 0.2) is 18.2 Å². The number of carbonyl (C=O) groups is 1. The third-order valence-corrected chi connectivity index (χ3v) is 3.45. The van der Waals surface area contributed by atoms with Crippen molar-refractivity contribution in [2.75, 3.05) is 18.5 Å². The number of carboxylic acids is 1. The molecule has 1 aromatic carbocycles. The van der Waals surface area contributed by atoms with E-state index in [9.17, 15) is 4.79 Å². The molecule has 3 nitrogen and oxygen atoms in total. The van der Waals surface area contributed by atoms with Crippen molar-refractivity contribution < 1.29 is 9.90 Å². The van der Waals surface area contributed by atoms with E-state index in [0.29, 0.717) is 5.92 Å². The van der Waals surface area contributed by atoms with E-state index in [1.807, 2.05) is 0 Å². The molecule has 3 heteroatoms. The van der Waals surface area contributed by atoms with Gasteiger partial charge in [-0.15, -0.1) is 0 Å². The Morgan fingerprint density at radius 3 is 2.58 bits per heavy atom. The largest absolute Gasteiger partial charge is 0.481 e. The Bertz CT molecular complexity index is 427. The summed E-state index contributed by atoms with van der Waals surface area (Å²) < 4.78 is 0. The first-order chi connectivity index (χ1) is 8.91. The van der Waals surface area contributed by atoms with Gasteiger partial charge >= 0.3 is 5.97 Å². The van der Waals surface area contributed by atoms with Crippen LogP contribution >= 0.6 is 0 Å². The van der Waals surface area contributed by atoms with E-state index in [4.69, 9.17) is 5.11 Å². The first-order valence-corrected chi connectivity index (χ1v) is 6.95. The maximum atomic E-state index is 10.5. The minimum atomic E-state index is -0.708. The van der Waals surface area contributed by atoms with Crippen molar-refractivity contribution in [2.45, 2.75) is 46.0 Å². The second-order valence-corrected chi connectivity index (χ2v) is 5.47. The molecule has 0 aromatic heterocycles. The molecule has 106 valence electrons. The molecular weight excluding hydrogens is 238 g/mol. The van der Waals surface area contributed by atoms with Crippen LogP contribution in [-0.2, 0) is 4.79 Å². The maximum absolute atomic E-state index is 10.5. The highest BCUT2D eigenvalue weighted by Crippen LogP contribution is 2.25. The van der Waals surface area contributed by atoms with Crippen molar-refractivity contribution in [1.82, 2.24) is 0 Å². The Balaban J connectivity index is 2.62. The molecule has 1 aromatic rings. The third kappa shape index (κ3) is 4.93. The van der Waals surface area contributed by atoms with E-state index < -0.39 is 5.97 Å². The average Bonchev–Trinajstić information content (AvgIpc) is 2.34. The molecular formula is C16H25NO2. The van der Waals surface area contributed by atoms with Crippen LogP contribution in [0.5, 0.6) is 0 Å². The van der Waals surface area contributed by atoms with Gasteiger partial charge in [0.2, 0.25) is 0 Å². The summed E-state index contributed by atoms with van der Waals surface area (Å²) in [5.41, 5.74) is 3.87. The van der Waals surface area contributed by atoms with E-state index in [1.54, 1.807) is 0 Å². The molecule has 19 heavy (non-hydrogen) atoms. The van der Waals surface area contributed by atoms with Crippen LogP contribution in [0, 0.1) is 6.92 Å². The number of hydrogen-bond donors (Lipinski definition) is 1. The van der Waals surface area contributed by atoms with Gasteiger partial charge in [-0.05, 0) is 42.9 Å². The van der Waals surface area contributed by atoms with Gasteiger partial charge in [-0.25, -0.2) is 0 Å². The summed E-state index contributed by atoms with van der Waals surface area (Å²) in [6.45, 7) is 7.41. The smallest absolute Gasteiger partial charge is 0.303 e. The van der Waals surface area contributed by atoms with Crippen LogP contribution in [0.4, 0.5) is 5.69 Å². The van der Waals surface area contributed by atoms with Gasteiger partial charge in [-0.2, -0.15) is 0 Å². The lowest BCUT2D eigenvalue weighted by molar-refractivity contribution is -0.137. The van der Waals surface area contributed by atoms with E-state index in [1.165, 1.54) is 16.8 Å². The fourth-order valence-electron chi connectivity index (χ4n) is 2.14. The summed E-state index contributed by atoms with van der Waals surface area (Å²) in [4.78, 5) is 12.7. The predicted molar refractivity (Wildman–Crippen MR) is 80.0 cm³/mol. The van der Waals surface area contributed by atoms with Crippen molar-refractivity contribution in [3.63, 3.8) is 0 Å². The Kier molecular flexibility index (Phi) is 5.87. The lowest BCUT2D eigenvalue weighted by atomic mass is 10.00. The Morgan fingerprint density at radius 1 is 1.32 bits per heavy atom. The van der Waals surface area contributed by atoms with Crippen LogP contribution in [0.25, 0.3) is 0 Å². The molecule has 0 heterocycles. The zero-order chi connectivity index (χ0) is 14.4. The Morgan fingerprint density at radius 2 is 2.00 bits per heavy atom. The van der Waals surface area contributed by atoms with Gasteiger partial charge in [0.05, 0.1) is 0 Å². The summed E-state index contributed by atoms with van der Waals surface area (Å²) in [5.74, 6) is -0.180. The Labute approximate surface area is 116 Å². The number of unbranched alkanes of at least 4 members (excludes halogenated alkanes) is 1. The molecule has 0 saturated heterocycles. The molecule has 0 bridgehead atoms. The third-order valence-electron chi connectivity index (χ3n) is 3.45. The first kappa shape index (κ1) is 15.5. The number of nitrogens with zero attached hydrogens (tertiary/aromatic N) is 1. The van der Waals surface area contributed by atoms with Gasteiger partial charge in [0.15, 0.2) is 0 Å². The second kappa shape index (κ2) is 7.17. The summed E-state index contributed by atoms with van der Waals surface area (Å²) in [7, 11) is 2.08. The average molecular weight is 263 g/mol. The highest BCUT2D eigenvalue weighted by molar-refractivity contribution is 5.66. The zero-order valence-corrected chi connectivity index (χ0v) is 12.4. The van der Waals surface area contributed by atoms with Gasteiger partial charge in [-0.1, -0.05) is 26.0 Å². The number of aryl methyl sites for hydroxylation is 1. The van der Waals surface area contributed by atoms with Gasteiger partial charge in [0, 0.05) is 25.7 Å².